The molecular formula is C15H24N4O. The number of nitrogens with one attached hydrogen (secondary N) is 1. The largest absolute Gasteiger partial charge is 0.337 e. The molecule has 5 nitrogen and oxygen atoms in total. The molecule has 2 aliphatic heterocycles. The number of carbonyl (C=O) groups excluding carboxylic acids is 1. The second kappa shape index (κ2) is 6.39. The van der Waals surface area contributed by atoms with E-state index in [4.69, 9.17) is 0 Å². The molecule has 1 N–H and O–H groups in total. The van der Waals surface area contributed by atoms with Crippen LogP contribution in [0.15, 0.2) is 12.3 Å². The highest BCUT2D eigenvalue weighted by molar-refractivity contribution is 5.92. The minimum Gasteiger partial charge on any atom is -0.337 e. The predicted octanol–water partition coefficient (Wildman–Crippen LogP) is 1.82. The number of rotatable bonds is 2. The fourth-order valence-corrected chi connectivity index (χ4v) is 3.15. The Bertz CT molecular complexity index is 442. The molecule has 0 bridgehead atoms. The highest BCUT2D eigenvalue weighted by Gasteiger charge is 2.21. The van der Waals surface area contributed by atoms with Gasteiger partial charge in [-0.1, -0.05) is 12.8 Å². The van der Waals surface area contributed by atoms with Crippen molar-refractivity contribution in [1.29, 1.82) is 0 Å². The summed E-state index contributed by atoms with van der Waals surface area (Å²) in [6.07, 6.45) is 9.02. The van der Waals surface area contributed by atoms with Gasteiger partial charge in [0.05, 0.1) is 6.04 Å². The Kier molecular flexibility index (Phi) is 4.35. The van der Waals surface area contributed by atoms with Crippen LogP contribution in [0.1, 0.15) is 55.1 Å². The zero-order valence-corrected chi connectivity index (χ0v) is 12.1. The van der Waals surface area contributed by atoms with Crippen LogP contribution in [0, 0.1) is 0 Å². The van der Waals surface area contributed by atoms with E-state index in [1.54, 1.807) is 0 Å². The Hall–Kier alpha value is -1.36. The highest BCUT2D eigenvalue weighted by Crippen LogP contribution is 2.17. The SMILES string of the molecule is O=C(c1ccn(C2CCCNC2)n1)N1CCCCCC1. The van der Waals surface area contributed by atoms with Crippen LogP contribution in [0.5, 0.6) is 0 Å². The van der Waals surface area contributed by atoms with Crippen LogP contribution in [0.4, 0.5) is 0 Å². The fraction of sp³-hybridized carbons (Fsp3) is 0.733. The van der Waals surface area contributed by atoms with Crippen molar-refractivity contribution in [3.63, 3.8) is 0 Å². The van der Waals surface area contributed by atoms with E-state index in [1.807, 2.05) is 21.8 Å². The molecule has 0 saturated carbocycles. The smallest absolute Gasteiger partial charge is 0.274 e. The average Bonchev–Trinajstić information content (AvgIpc) is 2.83. The predicted molar refractivity (Wildman–Crippen MR) is 77.7 cm³/mol. The summed E-state index contributed by atoms with van der Waals surface area (Å²) in [5, 5.41) is 7.91. The molecule has 0 aliphatic carbocycles. The second-order valence-corrected chi connectivity index (χ2v) is 5.89. The van der Waals surface area contributed by atoms with E-state index in [-0.39, 0.29) is 5.91 Å². The van der Waals surface area contributed by atoms with E-state index in [2.05, 4.69) is 10.4 Å². The van der Waals surface area contributed by atoms with Gasteiger partial charge >= 0.3 is 0 Å². The zero-order valence-electron chi connectivity index (χ0n) is 12.1. The Morgan fingerprint density at radius 3 is 2.70 bits per heavy atom. The minimum atomic E-state index is 0.106. The molecule has 2 fully saturated rings. The molecule has 2 aliphatic rings. The lowest BCUT2D eigenvalue weighted by molar-refractivity contribution is 0.0754. The normalized spacial score (nSPS) is 24.4. The molecule has 1 amide bonds. The van der Waals surface area contributed by atoms with Crippen molar-refractivity contribution in [2.45, 2.75) is 44.6 Å². The number of likely N-dealkylation sites (tertiary alicyclic amines) is 1. The number of aromatic nitrogens is 2. The summed E-state index contributed by atoms with van der Waals surface area (Å²) >= 11 is 0. The monoisotopic (exact) mass is 276 g/mol. The van der Waals surface area contributed by atoms with Gasteiger partial charge in [-0.3, -0.25) is 9.48 Å². The van der Waals surface area contributed by atoms with Crippen LogP contribution in [0.25, 0.3) is 0 Å². The summed E-state index contributed by atoms with van der Waals surface area (Å²) in [6.45, 7) is 3.82. The molecule has 20 heavy (non-hydrogen) atoms. The van der Waals surface area contributed by atoms with Crippen molar-refractivity contribution in [2.75, 3.05) is 26.2 Å². The summed E-state index contributed by atoms with van der Waals surface area (Å²) < 4.78 is 1.97. The Balaban J connectivity index is 1.67. The van der Waals surface area contributed by atoms with Gasteiger partial charge in [0.15, 0.2) is 0 Å². The number of piperidine rings is 1. The average molecular weight is 276 g/mol. The van der Waals surface area contributed by atoms with E-state index in [9.17, 15) is 4.79 Å². The lowest BCUT2D eigenvalue weighted by atomic mass is 10.1. The number of amides is 1. The minimum absolute atomic E-state index is 0.106. The van der Waals surface area contributed by atoms with Crippen LogP contribution in [-0.4, -0.2) is 46.8 Å². The molecule has 1 unspecified atom stereocenters. The number of carbonyl (C=O) groups is 1. The first kappa shape index (κ1) is 13.6. The van der Waals surface area contributed by atoms with Crippen molar-refractivity contribution in [3.8, 4) is 0 Å². The van der Waals surface area contributed by atoms with Crippen molar-refractivity contribution in [1.82, 2.24) is 20.0 Å². The van der Waals surface area contributed by atoms with E-state index in [0.29, 0.717) is 11.7 Å². The first-order valence-corrected chi connectivity index (χ1v) is 7.90. The Morgan fingerprint density at radius 1 is 1.20 bits per heavy atom. The van der Waals surface area contributed by atoms with Gasteiger partial charge in [-0.25, -0.2) is 0 Å². The third-order valence-corrected chi connectivity index (χ3v) is 4.37. The third-order valence-electron chi connectivity index (χ3n) is 4.37. The summed E-state index contributed by atoms with van der Waals surface area (Å²) in [7, 11) is 0. The quantitative estimate of drug-likeness (QED) is 0.896. The summed E-state index contributed by atoms with van der Waals surface area (Å²) in [5.41, 5.74) is 0.609. The van der Waals surface area contributed by atoms with Crippen LogP contribution in [-0.2, 0) is 0 Å². The summed E-state index contributed by atoms with van der Waals surface area (Å²) in [6, 6.07) is 2.27. The Labute approximate surface area is 120 Å². The lowest BCUT2D eigenvalue weighted by Crippen LogP contribution is -2.33. The van der Waals surface area contributed by atoms with Gasteiger partial charge in [0.2, 0.25) is 0 Å². The van der Waals surface area contributed by atoms with Gasteiger partial charge in [0, 0.05) is 25.8 Å². The van der Waals surface area contributed by atoms with Gasteiger partial charge in [0.1, 0.15) is 5.69 Å². The number of hydrogen-bond acceptors (Lipinski definition) is 3. The summed E-state index contributed by atoms with van der Waals surface area (Å²) in [4.78, 5) is 14.5. The lowest BCUT2D eigenvalue weighted by Gasteiger charge is -2.23. The van der Waals surface area contributed by atoms with Crippen molar-refractivity contribution < 1.29 is 4.79 Å². The van der Waals surface area contributed by atoms with E-state index in [0.717, 1.165) is 45.4 Å². The molecule has 2 saturated heterocycles. The van der Waals surface area contributed by atoms with Crippen LogP contribution in [0.2, 0.25) is 0 Å². The number of hydrogen-bond donors (Lipinski definition) is 1. The van der Waals surface area contributed by atoms with E-state index < -0.39 is 0 Å². The van der Waals surface area contributed by atoms with Crippen molar-refractivity contribution in [3.05, 3.63) is 18.0 Å². The first-order valence-electron chi connectivity index (χ1n) is 7.90. The number of nitrogens with zero attached hydrogens (tertiary/aromatic N) is 3. The zero-order chi connectivity index (χ0) is 13.8. The van der Waals surface area contributed by atoms with Crippen LogP contribution < -0.4 is 5.32 Å². The standard InChI is InChI=1S/C15H24N4O/c20-15(18-9-3-1-2-4-10-18)14-7-11-19(17-14)13-6-5-8-16-12-13/h7,11,13,16H,1-6,8-10,12H2. The molecule has 0 aromatic carbocycles. The molecule has 1 atom stereocenters. The third kappa shape index (κ3) is 3.03. The Morgan fingerprint density at radius 2 is 2.00 bits per heavy atom. The molecule has 0 radical (unpaired) electrons. The van der Waals surface area contributed by atoms with Gasteiger partial charge in [-0.2, -0.15) is 5.10 Å². The maximum absolute atomic E-state index is 12.5. The van der Waals surface area contributed by atoms with Gasteiger partial charge in [-0.15, -0.1) is 0 Å². The van der Waals surface area contributed by atoms with Gasteiger partial charge in [-0.05, 0) is 38.3 Å². The highest BCUT2D eigenvalue weighted by atomic mass is 16.2. The molecule has 5 heteroatoms. The second-order valence-electron chi connectivity index (χ2n) is 5.89. The molecule has 1 aromatic heterocycles. The van der Waals surface area contributed by atoms with E-state index >= 15 is 0 Å². The molecule has 1 aromatic rings. The van der Waals surface area contributed by atoms with Crippen molar-refractivity contribution >= 4 is 5.91 Å². The molecule has 3 heterocycles. The maximum atomic E-state index is 12.5. The van der Waals surface area contributed by atoms with Crippen LogP contribution >= 0.6 is 0 Å². The molecular weight excluding hydrogens is 252 g/mol. The maximum Gasteiger partial charge on any atom is 0.274 e. The first-order chi connectivity index (χ1) is 9.84. The fourth-order valence-electron chi connectivity index (χ4n) is 3.15. The molecule has 3 rings (SSSR count). The molecule has 0 spiro atoms. The summed E-state index contributed by atoms with van der Waals surface area (Å²) in [5.74, 6) is 0.106. The molecule has 110 valence electrons. The van der Waals surface area contributed by atoms with Gasteiger partial charge < -0.3 is 10.2 Å². The van der Waals surface area contributed by atoms with Crippen molar-refractivity contribution in [2.24, 2.45) is 0 Å². The topological polar surface area (TPSA) is 50.2 Å². The van der Waals surface area contributed by atoms with E-state index in [1.165, 1.54) is 19.3 Å². The van der Waals surface area contributed by atoms with Crippen LogP contribution in [0.3, 0.4) is 0 Å². The van der Waals surface area contributed by atoms with Gasteiger partial charge in [0.25, 0.3) is 5.91 Å².